The van der Waals surface area contributed by atoms with Crippen molar-refractivity contribution in [3.63, 3.8) is 0 Å². The van der Waals surface area contributed by atoms with Gasteiger partial charge in [-0.25, -0.2) is 14.2 Å². The summed E-state index contributed by atoms with van der Waals surface area (Å²) < 4.78 is 19.9. The molecule has 216 valence electrons. The van der Waals surface area contributed by atoms with Crippen molar-refractivity contribution in [2.24, 2.45) is 5.92 Å². The summed E-state index contributed by atoms with van der Waals surface area (Å²) >= 11 is 0. The fraction of sp³-hybridized carbons (Fsp3) is 0.433. The number of urea groups is 1. The minimum atomic E-state index is -1.08. The topological polar surface area (TPSA) is 116 Å². The van der Waals surface area contributed by atoms with Gasteiger partial charge < -0.3 is 19.5 Å². The average Bonchev–Trinajstić information content (AvgIpc) is 3.39. The van der Waals surface area contributed by atoms with Crippen LogP contribution in [-0.4, -0.2) is 75.2 Å². The summed E-state index contributed by atoms with van der Waals surface area (Å²) in [5, 5.41) is 2.72. The zero-order valence-corrected chi connectivity index (χ0v) is 23.9. The number of rotatable bonds is 6. The van der Waals surface area contributed by atoms with Crippen molar-refractivity contribution in [1.82, 2.24) is 25.0 Å². The Kier molecular flexibility index (Phi) is 7.31. The molecule has 0 saturated carbocycles. The first-order valence-corrected chi connectivity index (χ1v) is 13.7. The van der Waals surface area contributed by atoms with E-state index in [-0.39, 0.29) is 55.8 Å². The van der Waals surface area contributed by atoms with Crippen LogP contribution in [0.15, 0.2) is 40.8 Å². The van der Waals surface area contributed by atoms with Crippen molar-refractivity contribution in [2.45, 2.75) is 58.7 Å². The maximum absolute atomic E-state index is 14.3. The first kappa shape index (κ1) is 28.3. The number of oxazole rings is 1. The molecule has 41 heavy (non-hydrogen) atoms. The number of nitrogens with zero attached hydrogens (tertiary/aromatic N) is 4. The molecule has 3 heterocycles. The predicted octanol–water partition coefficient (Wildman–Crippen LogP) is 3.79. The van der Waals surface area contributed by atoms with Gasteiger partial charge in [0.25, 0.3) is 11.8 Å². The van der Waals surface area contributed by atoms with Gasteiger partial charge in [-0.3, -0.25) is 19.3 Å². The molecule has 1 N–H and O–H groups in total. The van der Waals surface area contributed by atoms with Crippen LogP contribution < -0.4 is 5.32 Å². The lowest BCUT2D eigenvalue weighted by atomic mass is 9.85. The summed E-state index contributed by atoms with van der Waals surface area (Å²) in [7, 11) is 1.48. The summed E-state index contributed by atoms with van der Waals surface area (Å²) in [6.45, 7) is 7.79. The van der Waals surface area contributed by atoms with Gasteiger partial charge in [0.15, 0.2) is 11.5 Å². The van der Waals surface area contributed by atoms with Crippen LogP contribution in [0.5, 0.6) is 0 Å². The molecular weight excluding hydrogens is 529 g/mol. The highest BCUT2D eigenvalue weighted by molar-refractivity contribution is 6.07. The highest BCUT2D eigenvalue weighted by atomic mass is 19.1. The third-order valence-corrected chi connectivity index (χ3v) is 8.12. The van der Waals surface area contributed by atoms with Crippen molar-refractivity contribution in [3.8, 4) is 0 Å². The van der Waals surface area contributed by atoms with E-state index in [1.165, 1.54) is 19.2 Å². The molecule has 0 bridgehead atoms. The molecule has 0 unspecified atom stereocenters. The van der Waals surface area contributed by atoms with Crippen LogP contribution in [0.2, 0.25) is 0 Å². The van der Waals surface area contributed by atoms with Crippen molar-refractivity contribution in [1.29, 1.82) is 0 Å². The first-order valence-electron chi connectivity index (χ1n) is 13.7. The van der Waals surface area contributed by atoms with Gasteiger partial charge in [0.05, 0.1) is 5.56 Å². The van der Waals surface area contributed by atoms with Crippen LogP contribution in [0.3, 0.4) is 0 Å². The van der Waals surface area contributed by atoms with Crippen molar-refractivity contribution in [3.05, 3.63) is 64.8 Å². The largest absolute Gasteiger partial charge is 0.441 e. The number of hydrogen-bond donors (Lipinski definition) is 1. The maximum Gasteiger partial charge on any atom is 0.327 e. The van der Waals surface area contributed by atoms with E-state index in [2.05, 4.69) is 10.3 Å². The Bertz CT molecular complexity index is 1540. The SMILES string of the molecule is Cc1ccc(F)c(C(=O)N[C@@H](C(=O)N2CCC3(CC2)C(=O)N(C)C(=O)N3Cc2ccc3oc(C)nc3c2)C(C)C)c1. The van der Waals surface area contributed by atoms with Gasteiger partial charge in [0, 0.05) is 33.6 Å². The highest BCUT2D eigenvalue weighted by Gasteiger charge is 2.57. The second kappa shape index (κ2) is 10.6. The number of aromatic nitrogens is 1. The van der Waals surface area contributed by atoms with E-state index in [0.717, 1.165) is 16.0 Å². The zero-order valence-electron chi connectivity index (χ0n) is 23.9. The first-order chi connectivity index (χ1) is 19.4. The number of fused-ring (bicyclic) bond motifs is 1. The Morgan fingerprint density at radius 3 is 2.49 bits per heavy atom. The van der Waals surface area contributed by atoms with E-state index >= 15 is 0 Å². The number of aryl methyl sites for hydroxylation is 2. The zero-order chi connectivity index (χ0) is 29.6. The maximum atomic E-state index is 14.3. The van der Waals surface area contributed by atoms with Crippen LogP contribution in [0, 0.1) is 25.6 Å². The van der Waals surface area contributed by atoms with Gasteiger partial charge in [-0.15, -0.1) is 0 Å². The van der Waals surface area contributed by atoms with E-state index in [4.69, 9.17) is 4.42 Å². The molecule has 10 nitrogen and oxygen atoms in total. The number of nitrogens with one attached hydrogen (secondary N) is 1. The van der Waals surface area contributed by atoms with E-state index in [9.17, 15) is 23.6 Å². The summed E-state index contributed by atoms with van der Waals surface area (Å²) in [6, 6.07) is 8.48. The number of halogens is 1. The van der Waals surface area contributed by atoms with Crippen molar-refractivity contribution in [2.75, 3.05) is 20.1 Å². The highest BCUT2D eigenvalue weighted by Crippen LogP contribution is 2.38. The normalized spacial score (nSPS) is 17.7. The van der Waals surface area contributed by atoms with Crippen LogP contribution in [-0.2, 0) is 16.1 Å². The molecule has 0 aliphatic carbocycles. The number of likely N-dealkylation sites (N-methyl/N-ethyl adjacent to an activating group) is 1. The summed E-state index contributed by atoms with van der Waals surface area (Å²) in [6.07, 6.45) is 0.508. The Morgan fingerprint density at radius 1 is 1.10 bits per heavy atom. The van der Waals surface area contributed by atoms with Crippen LogP contribution >= 0.6 is 0 Å². The van der Waals surface area contributed by atoms with Gasteiger partial charge in [0.1, 0.15) is 22.9 Å². The lowest BCUT2D eigenvalue weighted by Gasteiger charge is -2.43. The molecule has 2 aliphatic rings. The van der Waals surface area contributed by atoms with E-state index < -0.39 is 29.3 Å². The van der Waals surface area contributed by atoms with Gasteiger partial charge in [-0.05, 0) is 55.5 Å². The van der Waals surface area contributed by atoms with Gasteiger partial charge in [-0.2, -0.15) is 0 Å². The minimum absolute atomic E-state index is 0.117. The molecule has 2 aliphatic heterocycles. The number of amides is 5. The van der Waals surface area contributed by atoms with E-state index in [1.54, 1.807) is 35.8 Å². The Balaban J connectivity index is 1.32. The second-order valence-corrected chi connectivity index (χ2v) is 11.3. The Hall–Kier alpha value is -4.28. The third-order valence-electron chi connectivity index (χ3n) is 8.12. The van der Waals surface area contributed by atoms with Crippen molar-refractivity contribution < 1.29 is 28.0 Å². The molecular formula is C30H34FN5O5. The molecule has 11 heteroatoms. The molecule has 2 fully saturated rings. The molecule has 1 spiro atoms. The fourth-order valence-electron chi connectivity index (χ4n) is 5.79. The number of imide groups is 1. The van der Waals surface area contributed by atoms with Crippen molar-refractivity contribution >= 4 is 34.9 Å². The molecule has 3 aromatic rings. The smallest absolute Gasteiger partial charge is 0.327 e. The van der Waals surface area contributed by atoms with Gasteiger partial charge in [0.2, 0.25) is 5.91 Å². The molecule has 1 aromatic heterocycles. The third kappa shape index (κ3) is 5.05. The predicted molar refractivity (Wildman–Crippen MR) is 148 cm³/mol. The number of carbonyl (C=O) groups is 4. The molecule has 2 aromatic carbocycles. The number of hydrogen-bond acceptors (Lipinski definition) is 6. The number of carbonyl (C=O) groups excluding carboxylic acids is 4. The lowest BCUT2D eigenvalue weighted by Crippen LogP contribution is -2.60. The summed E-state index contributed by atoms with van der Waals surface area (Å²) in [5.74, 6) is -1.64. The van der Waals surface area contributed by atoms with Gasteiger partial charge >= 0.3 is 6.03 Å². The fourth-order valence-corrected chi connectivity index (χ4v) is 5.79. The quantitative estimate of drug-likeness (QED) is 0.456. The number of piperidine rings is 1. The molecule has 1 atom stereocenters. The minimum Gasteiger partial charge on any atom is -0.441 e. The van der Waals surface area contributed by atoms with Crippen LogP contribution in [0.4, 0.5) is 9.18 Å². The molecule has 5 rings (SSSR count). The van der Waals surface area contributed by atoms with Crippen LogP contribution in [0.25, 0.3) is 11.1 Å². The van der Waals surface area contributed by atoms with Gasteiger partial charge in [-0.1, -0.05) is 31.5 Å². The number of benzene rings is 2. The standard InChI is InChI=1S/C30H34FN5O5/c1-17(2)25(33-26(37)21-14-18(3)6-8-22(21)31)27(38)35-12-10-30(11-13-35)28(39)34(5)29(40)36(30)16-20-7-9-24-23(15-20)32-19(4)41-24/h6-9,14-15,17,25H,10-13,16H2,1-5H3,(H,33,37)/t25-/m1/s1. The number of likely N-dealkylation sites (tertiary alicyclic amines) is 1. The molecule has 2 saturated heterocycles. The van der Waals surface area contributed by atoms with E-state index in [1.807, 2.05) is 26.0 Å². The Labute approximate surface area is 237 Å². The molecule has 5 amide bonds. The second-order valence-electron chi connectivity index (χ2n) is 11.3. The molecule has 0 radical (unpaired) electrons. The summed E-state index contributed by atoms with van der Waals surface area (Å²) in [5.41, 5.74) is 1.66. The average molecular weight is 564 g/mol. The van der Waals surface area contributed by atoms with Crippen LogP contribution in [0.1, 0.15) is 54.1 Å². The lowest BCUT2D eigenvalue weighted by molar-refractivity contribution is -0.142. The Morgan fingerprint density at radius 2 is 1.80 bits per heavy atom. The monoisotopic (exact) mass is 563 g/mol. The van der Waals surface area contributed by atoms with E-state index in [0.29, 0.717) is 17.0 Å². The summed E-state index contributed by atoms with van der Waals surface area (Å²) in [4.78, 5) is 61.9.